The second kappa shape index (κ2) is 3.52. The normalized spacial score (nSPS) is 17.9. The van der Waals surface area contributed by atoms with E-state index in [0.29, 0.717) is 13.0 Å². The molecule has 0 spiro atoms. The number of halogens is 3. The van der Waals surface area contributed by atoms with Crippen molar-refractivity contribution in [2.24, 2.45) is 5.73 Å². The molecule has 0 aliphatic heterocycles. The highest BCUT2D eigenvalue weighted by molar-refractivity contribution is 5.33. The molecule has 1 aliphatic rings. The highest BCUT2D eigenvalue weighted by Gasteiger charge is 2.45. The second-order valence-electron chi connectivity index (χ2n) is 4.04. The summed E-state index contributed by atoms with van der Waals surface area (Å²) in [5, 5.41) is 0. The van der Waals surface area contributed by atoms with Crippen molar-refractivity contribution < 1.29 is 13.2 Å². The summed E-state index contributed by atoms with van der Waals surface area (Å²) in [7, 11) is 0. The Kier molecular flexibility index (Phi) is 2.46. The van der Waals surface area contributed by atoms with Gasteiger partial charge in [0, 0.05) is 0 Å². The molecule has 82 valence electrons. The van der Waals surface area contributed by atoms with Crippen molar-refractivity contribution in [3.8, 4) is 0 Å². The molecule has 1 aromatic carbocycles. The van der Waals surface area contributed by atoms with Crippen LogP contribution in [0.15, 0.2) is 12.1 Å². The molecule has 0 unspecified atom stereocenters. The quantitative estimate of drug-likeness (QED) is 0.770. The molecule has 1 saturated carbocycles. The van der Waals surface area contributed by atoms with E-state index in [2.05, 4.69) is 0 Å². The van der Waals surface area contributed by atoms with E-state index in [4.69, 9.17) is 5.73 Å². The Labute approximate surface area is 86.1 Å². The van der Waals surface area contributed by atoms with Gasteiger partial charge >= 0.3 is 0 Å². The molecule has 15 heavy (non-hydrogen) atoms. The zero-order valence-corrected chi connectivity index (χ0v) is 8.19. The molecule has 0 atom stereocenters. The Morgan fingerprint density at radius 3 is 2.33 bits per heavy atom. The molecule has 4 heteroatoms. The minimum atomic E-state index is -1.38. The number of rotatable bonds is 3. The molecule has 0 amide bonds. The third kappa shape index (κ3) is 1.63. The fourth-order valence-electron chi connectivity index (χ4n) is 2.02. The molecule has 0 aromatic heterocycles. The van der Waals surface area contributed by atoms with Crippen LogP contribution in [0.2, 0.25) is 0 Å². The molecule has 0 bridgehead atoms. The van der Waals surface area contributed by atoms with Gasteiger partial charge in [0.05, 0.1) is 0 Å². The summed E-state index contributed by atoms with van der Waals surface area (Å²) in [5.74, 6) is -3.57. The average Bonchev–Trinajstić information content (AvgIpc) is 2.96. The Morgan fingerprint density at radius 1 is 1.13 bits per heavy atom. The third-order valence-electron chi connectivity index (χ3n) is 3.08. The Balaban J connectivity index is 2.41. The fourth-order valence-corrected chi connectivity index (χ4v) is 2.02. The molecule has 2 rings (SSSR count). The first kappa shape index (κ1) is 10.5. The van der Waals surface area contributed by atoms with E-state index in [-0.39, 0.29) is 11.0 Å². The van der Waals surface area contributed by atoms with Crippen LogP contribution in [0.25, 0.3) is 0 Å². The van der Waals surface area contributed by atoms with Crippen LogP contribution in [0.4, 0.5) is 13.2 Å². The molecule has 1 aliphatic carbocycles. The van der Waals surface area contributed by atoms with Gasteiger partial charge < -0.3 is 5.73 Å². The SMILES string of the molecule is NCCC1(c2ccc(F)c(F)c2F)CC1. The summed E-state index contributed by atoms with van der Waals surface area (Å²) < 4.78 is 39.2. The zero-order chi connectivity index (χ0) is 11.1. The minimum Gasteiger partial charge on any atom is -0.330 e. The molecule has 0 heterocycles. The zero-order valence-electron chi connectivity index (χ0n) is 8.19. The van der Waals surface area contributed by atoms with Crippen LogP contribution >= 0.6 is 0 Å². The fraction of sp³-hybridized carbons (Fsp3) is 0.455. The molecule has 1 nitrogen and oxygen atoms in total. The smallest absolute Gasteiger partial charge is 0.194 e. The topological polar surface area (TPSA) is 26.0 Å². The maximum Gasteiger partial charge on any atom is 0.194 e. The lowest BCUT2D eigenvalue weighted by atomic mass is 9.92. The molecular formula is C11H12F3N. The van der Waals surface area contributed by atoms with E-state index in [1.54, 1.807) is 0 Å². The standard InChI is InChI=1S/C11H12F3N/c12-8-2-1-7(9(13)10(8)14)11(3-4-11)5-6-15/h1-2H,3-6,15H2. The first-order valence-corrected chi connectivity index (χ1v) is 4.95. The van der Waals surface area contributed by atoms with E-state index in [1.807, 2.05) is 0 Å². The maximum absolute atomic E-state index is 13.5. The minimum absolute atomic E-state index is 0.270. The second-order valence-corrected chi connectivity index (χ2v) is 4.04. The molecule has 1 aromatic rings. The van der Waals surface area contributed by atoms with Gasteiger partial charge in [-0.1, -0.05) is 6.07 Å². The predicted octanol–water partition coefficient (Wildman–Crippen LogP) is 2.48. The monoisotopic (exact) mass is 215 g/mol. The molecule has 2 N–H and O–H groups in total. The highest BCUT2D eigenvalue weighted by atomic mass is 19.2. The van der Waals surface area contributed by atoms with E-state index < -0.39 is 17.5 Å². The Bertz CT molecular complexity index is 386. The van der Waals surface area contributed by atoms with Crippen molar-refractivity contribution >= 4 is 0 Å². The van der Waals surface area contributed by atoms with Gasteiger partial charge in [-0.3, -0.25) is 0 Å². The summed E-state index contributed by atoms with van der Waals surface area (Å²) in [4.78, 5) is 0. The van der Waals surface area contributed by atoms with Crippen molar-refractivity contribution in [1.29, 1.82) is 0 Å². The van der Waals surface area contributed by atoms with Crippen LogP contribution in [-0.2, 0) is 5.41 Å². The Morgan fingerprint density at radius 2 is 1.80 bits per heavy atom. The van der Waals surface area contributed by atoms with Gasteiger partial charge in [0.15, 0.2) is 17.5 Å². The number of hydrogen-bond acceptors (Lipinski definition) is 1. The van der Waals surface area contributed by atoms with Crippen molar-refractivity contribution in [1.82, 2.24) is 0 Å². The van der Waals surface area contributed by atoms with Gasteiger partial charge in [0.2, 0.25) is 0 Å². The molecule has 1 fully saturated rings. The third-order valence-corrected chi connectivity index (χ3v) is 3.08. The molecular weight excluding hydrogens is 203 g/mol. The van der Waals surface area contributed by atoms with E-state index in [0.717, 1.165) is 18.9 Å². The van der Waals surface area contributed by atoms with Gasteiger partial charge in [-0.25, -0.2) is 13.2 Å². The lowest BCUT2D eigenvalue weighted by molar-refractivity contribution is 0.430. The van der Waals surface area contributed by atoms with Crippen molar-refractivity contribution in [2.45, 2.75) is 24.7 Å². The van der Waals surface area contributed by atoms with Crippen LogP contribution in [0.3, 0.4) is 0 Å². The van der Waals surface area contributed by atoms with Gasteiger partial charge in [-0.2, -0.15) is 0 Å². The van der Waals surface area contributed by atoms with Gasteiger partial charge in [-0.15, -0.1) is 0 Å². The van der Waals surface area contributed by atoms with Gasteiger partial charge in [-0.05, 0) is 42.9 Å². The lowest BCUT2D eigenvalue weighted by Crippen LogP contribution is -2.16. The summed E-state index contributed by atoms with van der Waals surface area (Å²) in [6.07, 6.45) is 2.22. The lowest BCUT2D eigenvalue weighted by Gasteiger charge is -2.15. The van der Waals surface area contributed by atoms with E-state index in [9.17, 15) is 13.2 Å². The highest BCUT2D eigenvalue weighted by Crippen LogP contribution is 2.51. The van der Waals surface area contributed by atoms with Crippen molar-refractivity contribution in [2.75, 3.05) is 6.54 Å². The van der Waals surface area contributed by atoms with Crippen LogP contribution < -0.4 is 5.73 Å². The van der Waals surface area contributed by atoms with E-state index >= 15 is 0 Å². The Hall–Kier alpha value is -1.03. The molecule has 0 radical (unpaired) electrons. The number of benzene rings is 1. The van der Waals surface area contributed by atoms with Crippen molar-refractivity contribution in [3.05, 3.63) is 35.1 Å². The number of nitrogens with two attached hydrogens (primary N) is 1. The maximum atomic E-state index is 13.5. The summed E-state index contributed by atoms with van der Waals surface area (Å²) in [6.45, 7) is 0.429. The summed E-state index contributed by atoms with van der Waals surface area (Å²) in [5.41, 5.74) is 5.35. The van der Waals surface area contributed by atoms with Crippen LogP contribution in [-0.4, -0.2) is 6.54 Å². The van der Waals surface area contributed by atoms with Gasteiger partial charge in [0.1, 0.15) is 0 Å². The first-order chi connectivity index (χ1) is 7.10. The average molecular weight is 215 g/mol. The largest absolute Gasteiger partial charge is 0.330 e. The van der Waals surface area contributed by atoms with Crippen LogP contribution in [0.5, 0.6) is 0 Å². The summed E-state index contributed by atoms with van der Waals surface area (Å²) >= 11 is 0. The summed E-state index contributed by atoms with van der Waals surface area (Å²) in [6, 6.07) is 2.31. The van der Waals surface area contributed by atoms with Crippen LogP contribution in [0, 0.1) is 17.5 Å². The van der Waals surface area contributed by atoms with Crippen LogP contribution in [0.1, 0.15) is 24.8 Å². The van der Waals surface area contributed by atoms with E-state index in [1.165, 1.54) is 6.07 Å². The predicted molar refractivity (Wildman–Crippen MR) is 50.9 cm³/mol. The van der Waals surface area contributed by atoms with Crippen molar-refractivity contribution in [3.63, 3.8) is 0 Å². The first-order valence-electron chi connectivity index (χ1n) is 4.95. The van der Waals surface area contributed by atoms with Gasteiger partial charge in [0.25, 0.3) is 0 Å². The molecule has 0 saturated heterocycles. The number of hydrogen-bond donors (Lipinski definition) is 1.